The van der Waals surface area contributed by atoms with Crippen molar-refractivity contribution in [1.29, 1.82) is 0 Å². The van der Waals surface area contributed by atoms with Gasteiger partial charge in [0.05, 0.1) is 0 Å². The van der Waals surface area contributed by atoms with E-state index >= 15 is 0 Å². The normalized spacial score (nSPS) is 14.7. The van der Waals surface area contributed by atoms with Gasteiger partial charge < -0.3 is 19.1 Å². The second kappa shape index (κ2) is 14.8. The predicted octanol–water partition coefficient (Wildman–Crippen LogP) is 12.5. The molecule has 6 heteroatoms. The summed E-state index contributed by atoms with van der Waals surface area (Å²) in [6.45, 7) is 12.0. The molecule has 276 valence electrons. The van der Waals surface area contributed by atoms with Gasteiger partial charge in [-0.2, -0.15) is 18.8 Å². The molecule has 2 aromatic heterocycles. The molecule has 5 nitrogen and oxygen atoms in total. The molecule has 1 fully saturated rings. The molecule has 2 aliphatic rings. The molecule has 0 radical (unpaired) electrons. The Morgan fingerprint density at radius 1 is 0.778 bits per heavy atom. The Hall–Kier alpha value is -4.86. The molecule has 5 aromatic carbocycles. The van der Waals surface area contributed by atoms with Crippen molar-refractivity contribution < 1.29 is 25.8 Å². The van der Waals surface area contributed by atoms with E-state index < -0.39 is 0 Å². The summed E-state index contributed by atoms with van der Waals surface area (Å²) in [6, 6.07) is 45.7. The Labute approximate surface area is 333 Å². The minimum Gasteiger partial charge on any atom is -0.509 e. The summed E-state index contributed by atoms with van der Waals surface area (Å²) >= 11 is 0. The molecular weight excluding hydrogens is 844 g/mol. The van der Waals surface area contributed by atoms with Gasteiger partial charge in [-0.15, -0.1) is 41.4 Å². The minimum absolute atomic E-state index is 0. The minimum atomic E-state index is -0.00191. The van der Waals surface area contributed by atoms with E-state index in [1.165, 1.54) is 54.5 Å². The third-order valence-corrected chi connectivity index (χ3v) is 11.1. The molecule has 1 aliphatic heterocycles. The maximum absolute atomic E-state index is 6.56. The largest absolute Gasteiger partial charge is 0.509 e. The van der Waals surface area contributed by atoms with Gasteiger partial charge in [-0.3, -0.25) is 0 Å². The molecule has 0 saturated heterocycles. The first-order valence-electron chi connectivity index (χ1n) is 19.0. The van der Waals surface area contributed by atoms with Crippen LogP contribution in [0, 0.1) is 25.7 Å². The van der Waals surface area contributed by atoms with Gasteiger partial charge in [0.25, 0.3) is 0 Å². The number of hydrogen-bond donors (Lipinski definition) is 0. The monoisotopic (exact) mass is 888 g/mol. The van der Waals surface area contributed by atoms with Crippen molar-refractivity contribution in [3.63, 3.8) is 0 Å². The molecule has 1 saturated carbocycles. The zero-order chi connectivity index (χ0) is 36.1. The first kappa shape index (κ1) is 36.1. The van der Waals surface area contributed by atoms with Gasteiger partial charge in [0.2, 0.25) is 0 Å². The Bertz CT molecular complexity index is 2450. The van der Waals surface area contributed by atoms with Crippen LogP contribution in [0.5, 0.6) is 11.5 Å². The van der Waals surface area contributed by atoms with Crippen LogP contribution in [0.4, 0.5) is 17.1 Å². The van der Waals surface area contributed by atoms with Gasteiger partial charge in [-0.05, 0) is 89.1 Å². The number of ether oxygens (including phenoxy) is 1. The number of anilines is 3. The van der Waals surface area contributed by atoms with Crippen LogP contribution in [0.2, 0.25) is 0 Å². The van der Waals surface area contributed by atoms with Crippen LogP contribution in [-0.4, -0.2) is 9.55 Å². The van der Waals surface area contributed by atoms with Crippen LogP contribution in [0.25, 0.3) is 27.6 Å². The Morgan fingerprint density at radius 3 is 2.37 bits per heavy atom. The van der Waals surface area contributed by atoms with Crippen LogP contribution in [0.1, 0.15) is 81.0 Å². The average Bonchev–Trinajstić information content (AvgIpc) is 3.70. The van der Waals surface area contributed by atoms with E-state index in [1.807, 2.05) is 24.4 Å². The number of nitrogens with zero attached hydrogens (tertiary/aromatic N) is 4. The SMILES string of the molecule is Cc1cccc(CN2[CH-]N(c3[c-]c(Oc4[c-]c5c(cc4)c4ccccc4n5-c4cc(C(C)(C)C)ccn4)ccc3)c3ccccc32)c1C1CCCCC1.[Pt]. The van der Waals surface area contributed by atoms with Crippen molar-refractivity contribution in [2.45, 2.75) is 77.7 Å². The number of fused-ring (bicyclic) bond motifs is 4. The molecule has 54 heavy (non-hydrogen) atoms. The maximum atomic E-state index is 6.56. The smallest absolute Gasteiger partial charge is 0.135 e. The van der Waals surface area contributed by atoms with E-state index in [0.717, 1.165) is 45.5 Å². The quantitative estimate of drug-likeness (QED) is 0.149. The zero-order valence-electron chi connectivity index (χ0n) is 31.4. The van der Waals surface area contributed by atoms with Gasteiger partial charge >= 0.3 is 0 Å². The van der Waals surface area contributed by atoms with E-state index in [2.05, 4.69) is 152 Å². The van der Waals surface area contributed by atoms with Crippen molar-refractivity contribution in [3.05, 3.63) is 156 Å². The first-order chi connectivity index (χ1) is 25.8. The summed E-state index contributed by atoms with van der Waals surface area (Å²) in [4.78, 5) is 9.45. The fraction of sp³-hybridized carbons (Fsp3) is 0.250. The van der Waals surface area contributed by atoms with Gasteiger partial charge in [0, 0.05) is 62.2 Å². The van der Waals surface area contributed by atoms with E-state index in [9.17, 15) is 0 Å². The number of aromatic nitrogens is 2. The van der Waals surface area contributed by atoms with Gasteiger partial charge in [0.15, 0.2) is 0 Å². The summed E-state index contributed by atoms with van der Waals surface area (Å²) < 4.78 is 8.76. The van der Waals surface area contributed by atoms with Crippen molar-refractivity contribution in [2.75, 3.05) is 9.80 Å². The van der Waals surface area contributed by atoms with Gasteiger partial charge in [-0.25, -0.2) is 4.98 Å². The summed E-state index contributed by atoms with van der Waals surface area (Å²) in [5, 5.41) is 2.27. The van der Waals surface area contributed by atoms with Crippen LogP contribution >= 0.6 is 0 Å². The molecule has 1 aliphatic carbocycles. The fourth-order valence-corrected chi connectivity index (χ4v) is 8.46. The number of aryl methyl sites for hydroxylation is 1. The summed E-state index contributed by atoms with van der Waals surface area (Å²) in [6.07, 6.45) is 8.51. The molecule has 0 N–H and O–H groups in total. The van der Waals surface area contributed by atoms with E-state index in [1.54, 1.807) is 5.56 Å². The van der Waals surface area contributed by atoms with E-state index in [-0.39, 0.29) is 26.5 Å². The van der Waals surface area contributed by atoms with Crippen LogP contribution < -0.4 is 14.5 Å². The molecule has 0 bridgehead atoms. The fourth-order valence-electron chi connectivity index (χ4n) is 8.46. The van der Waals surface area contributed by atoms with Gasteiger partial charge in [-0.1, -0.05) is 94.1 Å². The first-order valence-corrected chi connectivity index (χ1v) is 19.0. The van der Waals surface area contributed by atoms with Crippen LogP contribution in [-0.2, 0) is 33.0 Å². The second-order valence-electron chi connectivity index (χ2n) is 15.7. The van der Waals surface area contributed by atoms with Gasteiger partial charge in [0.1, 0.15) is 5.82 Å². The summed E-state index contributed by atoms with van der Waals surface area (Å²) in [7, 11) is 0. The molecule has 7 aromatic rings. The number of rotatable bonds is 7. The summed E-state index contributed by atoms with van der Waals surface area (Å²) in [5.41, 5.74) is 10.9. The maximum Gasteiger partial charge on any atom is 0.135 e. The van der Waals surface area contributed by atoms with Crippen LogP contribution in [0.15, 0.2) is 115 Å². The van der Waals surface area contributed by atoms with Crippen molar-refractivity contribution in [1.82, 2.24) is 9.55 Å². The molecule has 0 amide bonds. The van der Waals surface area contributed by atoms with E-state index in [0.29, 0.717) is 17.4 Å². The van der Waals surface area contributed by atoms with Crippen molar-refractivity contribution in [3.8, 4) is 17.3 Å². The molecule has 9 rings (SSSR count). The molecule has 0 atom stereocenters. The number of para-hydroxylation sites is 3. The van der Waals surface area contributed by atoms with Crippen LogP contribution in [0.3, 0.4) is 0 Å². The van der Waals surface area contributed by atoms with E-state index in [4.69, 9.17) is 9.72 Å². The third kappa shape index (κ3) is 6.73. The molecule has 0 spiro atoms. The predicted molar refractivity (Wildman–Crippen MR) is 218 cm³/mol. The Morgan fingerprint density at radius 2 is 1.54 bits per heavy atom. The molecular formula is C48H45N4OPt-3. The standard InChI is InChI=1S/C48H45N4O.Pt/c1-33-14-12-17-35(47(33)34-15-6-5-7-16-34)31-50-32-51(44-23-11-10-22-43(44)50)37-18-13-19-38(29-37)53-39-24-25-41-40-20-8-9-21-42(40)52(45(41)30-39)46-28-36(26-27-49-46)48(2,3)4;/h8-14,17-28,32,34H,5-7,15-16,31H2,1-4H3;/q-3;. The van der Waals surface area contributed by atoms with Crippen molar-refractivity contribution in [2.24, 2.45) is 0 Å². The molecule has 0 unspecified atom stereocenters. The molecule has 3 heterocycles. The number of benzene rings is 5. The Kier molecular flexibility index (Phi) is 9.87. The summed E-state index contributed by atoms with van der Waals surface area (Å²) in [5.74, 6) is 2.79. The Balaban J connectivity index is 0.00000413. The topological polar surface area (TPSA) is 33.5 Å². The number of hydrogen-bond acceptors (Lipinski definition) is 4. The second-order valence-corrected chi connectivity index (χ2v) is 15.7. The average molecular weight is 889 g/mol. The third-order valence-electron chi connectivity index (χ3n) is 11.1. The zero-order valence-corrected chi connectivity index (χ0v) is 33.7. The van der Waals surface area contributed by atoms with Crippen molar-refractivity contribution >= 4 is 38.9 Å². The number of pyridine rings is 1.